The summed E-state index contributed by atoms with van der Waals surface area (Å²) in [5.74, 6) is -2.34. The molecule has 0 aliphatic carbocycles. The summed E-state index contributed by atoms with van der Waals surface area (Å²) in [6, 6.07) is 15.6. The summed E-state index contributed by atoms with van der Waals surface area (Å²) in [5, 5.41) is 4.21. The topological polar surface area (TPSA) is 156 Å². The minimum absolute atomic E-state index is 0.0673. The number of aryl methyl sites for hydroxylation is 1. The molecule has 2 amide bonds. The summed E-state index contributed by atoms with van der Waals surface area (Å²) in [6.07, 6.45) is -2.11. The molecule has 5 rings (SSSR count). The van der Waals surface area contributed by atoms with Crippen molar-refractivity contribution in [3.8, 4) is 34.1 Å². The minimum atomic E-state index is -4.55. The molecule has 0 saturated heterocycles. The Morgan fingerprint density at radius 3 is 2.09 bits per heavy atom. The number of benzene rings is 4. The Balaban J connectivity index is 1.48. The van der Waals surface area contributed by atoms with Gasteiger partial charge in [0.1, 0.15) is 39.2 Å². The number of amides is 2. The Labute approximate surface area is 317 Å². The lowest BCUT2D eigenvalue weighted by Crippen LogP contribution is -2.44. The molecule has 0 saturated carbocycles. The molecule has 1 heterocycles. The summed E-state index contributed by atoms with van der Waals surface area (Å²) < 4.78 is 92.4. The van der Waals surface area contributed by atoms with E-state index in [0.29, 0.717) is 45.2 Å². The predicted molar refractivity (Wildman–Crippen MR) is 199 cm³/mol. The van der Waals surface area contributed by atoms with E-state index in [0.717, 1.165) is 5.56 Å². The molecular weight excluding hydrogens is 741 g/mol. The van der Waals surface area contributed by atoms with Crippen LogP contribution in [0.2, 0.25) is 0 Å². The molecule has 0 atom stereocenters. The molecule has 0 aliphatic rings. The van der Waals surface area contributed by atoms with E-state index in [1.807, 2.05) is 0 Å². The van der Waals surface area contributed by atoms with E-state index in [2.05, 4.69) is 9.88 Å². The maximum atomic E-state index is 15.6. The second-order valence-corrected chi connectivity index (χ2v) is 16.1. The van der Waals surface area contributed by atoms with Crippen LogP contribution in [0, 0.1) is 18.6 Å². The lowest BCUT2D eigenvalue weighted by Gasteiger charge is -2.27. The number of anilines is 1. The molecule has 0 aliphatic heterocycles. The number of imide groups is 1. The predicted octanol–water partition coefficient (Wildman–Crippen LogP) is 9.05. The molecule has 0 fully saturated rings. The van der Waals surface area contributed by atoms with Gasteiger partial charge in [-0.3, -0.25) is 0 Å². The lowest BCUT2D eigenvalue weighted by molar-refractivity contribution is 0.0427. The molecule has 13 nitrogen and oxygen atoms in total. The van der Waals surface area contributed by atoms with Gasteiger partial charge >= 0.3 is 12.2 Å². The highest BCUT2D eigenvalue weighted by atomic mass is 32.2. The summed E-state index contributed by atoms with van der Waals surface area (Å²) >= 11 is 0. The van der Waals surface area contributed by atoms with Gasteiger partial charge < -0.3 is 28.2 Å². The number of fused-ring (bicyclic) bond motifs is 1. The van der Waals surface area contributed by atoms with Crippen molar-refractivity contribution in [2.75, 3.05) is 19.1 Å². The number of sulfonamides is 1. The number of nitrogens with zero attached hydrogens (tertiary/aromatic N) is 2. The molecule has 4 aromatic carbocycles. The summed E-state index contributed by atoms with van der Waals surface area (Å²) in [7, 11) is -1.68. The average molecular weight is 782 g/mol. The SMILES string of the molecule is COc1ccc(CNS(=O)(=O)c2cc(F)c(Oc3ccc(C)cc3-c3ccc4onc(N(C(=O)OC(C)(C)C)C(=O)OC(C)(C)C)c4c3)cc2F)c(OC)c1. The summed E-state index contributed by atoms with van der Waals surface area (Å²) in [4.78, 5) is 26.4. The second-order valence-electron chi connectivity index (χ2n) is 14.3. The Kier molecular flexibility index (Phi) is 11.4. The molecule has 55 heavy (non-hydrogen) atoms. The molecule has 0 unspecified atom stereocenters. The highest BCUT2D eigenvalue weighted by molar-refractivity contribution is 7.89. The first kappa shape index (κ1) is 40.4. The van der Waals surface area contributed by atoms with E-state index >= 15 is 8.78 Å². The van der Waals surface area contributed by atoms with Crippen molar-refractivity contribution < 1.29 is 55.0 Å². The van der Waals surface area contributed by atoms with Gasteiger partial charge in [-0.15, -0.1) is 0 Å². The van der Waals surface area contributed by atoms with Crippen molar-refractivity contribution in [2.45, 2.75) is 71.1 Å². The van der Waals surface area contributed by atoms with Gasteiger partial charge in [-0.2, -0.15) is 4.90 Å². The van der Waals surface area contributed by atoms with Crippen LogP contribution in [0.3, 0.4) is 0 Å². The number of nitrogens with one attached hydrogen (secondary N) is 1. The Morgan fingerprint density at radius 1 is 0.800 bits per heavy atom. The third kappa shape index (κ3) is 9.50. The first-order valence-corrected chi connectivity index (χ1v) is 18.3. The van der Waals surface area contributed by atoms with E-state index in [1.54, 1.807) is 97.0 Å². The number of carbonyl (C=O) groups excluding carboxylic acids is 2. The standard InChI is InChI=1S/C39H41F2N3O10S/c1-22-10-14-30(51-33-19-29(41)34(20-28(33)40)55(47,48)42-21-24-11-13-25(49-8)18-32(24)50-9)26(16-22)23-12-15-31-27(17-23)35(43-54-31)44(36(45)52-38(2,3)4)37(46)53-39(5,6)7/h10-20,42H,21H2,1-9H3. The van der Waals surface area contributed by atoms with Crippen LogP contribution in [-0.2, 0) is 26.0 Å². The molecule has 5 aromatic rings. The maximum Gasteiger partial charge on any atom is 0.425 e. The van der Waals surface area contributed by atoms with Gasteiger partial charge in [0.05, 0.1) is 19.6 Å². The van der Waals surface area contributed by atoms with Crippen LogP contribution in [0.5, 0.6) is 23.0 Å². The smallest absolute Gasteiger partial charge is 0.425 e. The van der Waals surface area contributed by atoms with Crippen LogP contribution in [0.1, 0.15) is 52.7 Å². The Hall–Kier alpha value is -5.74. The fourth-order valence-corrected chi connectivity index (χ4v) is 6.31. The molecule has 1 N–H and O–H groups in total. The van der Waals surface area contributed by atoms with Gasteiger partial charge in [0.2, 0.25) is 10.0 Å². The van der Waals surface area contributed by atoms with Crippen LogP contribution in [0.25, 0.3) is 22.1 Å². The number of hydrogen-bond acceptors (Lipinski definition) is 11. The van der Waals surface area contributed by atoms with E-state index in [9.17, 15) is 18.0 Å². The third-order valence-corrected chi connectivity index (χ3v) is 9.12. The third-order valence-electron chi connectivity index (χ3n) is 7.70. The van der Waals surface area contributed by atoms with E-state index < -0.39 is 55.7 Å². The molecule has 16 heteroatoms. The molecule has 0 radical (unpaired) electrons. The van der Waals surface area contributed by atoms with E-state index in [4.69, 9.17) is 28.2 Å². The van der Waals surface area contributed by atoms with Gasteiger partial charge in [0, 0.05) is 35.9 Å². The monoisotopic (exact) mass is 781 g/mol. The van der Waals surface area contributed by atoms with Crippen molar-refractivity contribution in [2.24, 2.45) is 0 Å². The van der Waals surface area contributed by atoms with Gasteiger partial charge in [-0.05, 0) is 84.4 Å². The fourth-order valence-electron chi connectivity index (χ4n) is 5.24. The Morgan fingerprint density at radius 2 is 1.47 bits per heavy atom. The van der Waals surface area contributed by atoms with Crippen molar-refractivity contribution in [3.63, 3.8) is 0 Å². The quantitative estimate of drug-likeness (QED) is 0.144. The number of methoxy groups -OCH3 is 2. The highest BCUT2D eigenvalue weighted by Gasteiger charge is 2.36. The van der Waals surface area contributed by atoms with Crippen molar-refractivity contribution >= 4 is 39.0 Å². The van der Waals surface area contributed by atoms with Crippen LogP contribution in [-0.4, -0.2) is 51.2 Å². The van der Waals surface area contributed by atoms with Gasteiger partial charge in [-0.25, -0.2) is 31.5 Å². The first-order chi connectivity index (χ1) is 25.7. The van der Waals surface area contributed by atoms with Crippen LogP contribution in [0.15, 0.2) is 76.1 Å². The first-order valence-electron chi connectivity index (χ1n) is 16.8. The number of ether oxygens (including phenoxy) is 5. The zero-order valence-corrected chi connectivity index (χ0v) is 32.5. The molecule has 0 spiro atoms. The average Bonchev–Trinajstić information content (AvgIpc) is 3.50. The number of carbonyl (C=O) groups is 2. The Bertz CT molecular complexity index is 2340. The fraction of sp³-hybridized carbons (Fsp3) is 0.308. The molecular formula is C39H41F2N3O10S. The van der Waals surface area contributed by atoms with E-state index in [-0.39, 0.29) is 29.1 Å². The largest absolute Gasteiger partial charge is 0.497 e. The zero-order valence-electron chi connectivity index (χ0n) is 31.7. The maximum absolute atomic E-state index is 15.6. The van der Waals surface area contributed by atoms with Gasteiger partial charge in [-0.1, -0.05) is 28.9 Å². The number of rotatable bonds is 10. The number of aromatic nitrogens is 1. The van der Waals surface area contributed by atoms with Gasteiger partial charge in [0.25, 0.3) is 0 Å². The number of hydrogen-bond donors (Lipinski definition) is 1. The summed E-state index contributed by atoms with van der Waals surface area (Å²) in [5.41, 5.74) is 0.284. The second kappa shape index (κ2) is 15.5. The van der Waals surface area contributed by atoms with Crippen molar-refractivity contribution in [1.29, 1.82) is 0 Å². The minimum Gasteiger partial charge on any atom is -0.497 e. The normalized spacial score (nSPS) is 12.0. The number of halogens is 2. The zero-order chi connectivity index (χ0) is 40.5. The molecule has 1 aromatic heterocycles. The van der Waals surface area contributed by atoms with Crippen LogP contribution >= 0.6 is 0 Å². The molecule has 0 bridgehead atoms. The summed E-state index contributed by atoms with van der Waals surface area (Å²) in [6.45, 7) is 11.3. The van der Waals surface area contributed by atoms with Crippen molar-refractivity contribution in [3.05, 3.63) is 89.5 Å². The van der Waals surface area contributed by atoms with Gasteiger partial charge in [0.15, 0.2) is 23.0 Å². The molecule has 292 valence electrons. The lowest BCUT2D eigenvalue weighted by atomic mass is 10.0. The van der Waals surface area contributed by atoms with Crippen LogP contribution in [0.4, 0.5) is 24.2 Å². The van der Waals surface area contributed by atoms with Crippen molar-refractivity contribution in [1.82, 2.24) is 9.88 Å². The highest BCUT2D eigenvalue weighted by Crippen LogP contribution is 2.39. The van der Waals surface area contributed by atoms with E-state index in [1.165, 1.54) is 20.3 Å². The van der Waals surface area contributed by atoms with Crippen LogP contribution < -0.4 is 23.8 Å².